The number of hydrogen-bond donors (Lipinski definition) is 0. The van der Waals surface area contributed by atoms with Crippen molar-refractivity contribution in [1.82, 2.24) is 0 Å². The van der Waals surface area contributed by atoms with E-state index in [0.717, 1.165) is 18.1 Å². The first-order valence-electron chi connectivity index (χ1n) is 10.1. The summed E-state index contributed by atoms with van der Waals surface area (Å²) in [6.45, 7) is 1.79. The van der Waals surface area contributed by atoms with Crippen molar-refractivity contribution in [3.8, 4) is 17.2 Å². The summed E-state index contributed by atoms with van der Waals surface area (Å²) in [7, 11) is 0. The Morgan fingerprint density at radius 3 is 2.30 bits per heavy atom. The van der Waals surface area contributed by atoms with Crippen molar-refractivity contribution in [1.29, 1.82) is 0 Å². The Kier molecular flexibility index (Phi) is 6.09. The molecule has 4 rings (SSSR count). The first-order valence-corrected chi connectivity index (χ1v) is 10.1. The molecule has 0 unspecified atom stereocenters. The zero-order valence-electron chi connectivity index (χ0n) is 17.4. The van der Waals surface area contributed by atoms with E-state index in [4.69, 9.17) is 13.9 Å². The van der Waals surface area contributed by atoms with Crippen LogP contribution in [0, 0.1) is 5.82 Å². The van der Waals surface area contributed by atoms with Crippen molar-refractivity contribution in [2.24, 2.45) is 0 Å². The molecule has 8 heteroatoms. The second-order valence-corrected chi connectivity index (χ2v) is 7.22. The molecule has 1 heterocycles. The van der Waals surface area contributed by atoms with Gasteiger partial charge in [-0.25, -0.2) is 4.39 Å². The van der Waals surface area contributed by atoms with Gasteiger partial charge in [-0.3, -0.25) is 4.79 Å². The number of hydrogen-bond acceptors (Lipinski definition) is 4. The monoisotopic (exact) mass is 458 g/mol. The number of halogens is 4. The van der Waals surface area contributed by atoms with Crippen LogP contribution in [0.1, 0.15) is 23.8 Å². The lowest BCUT2D eigenvalue weighted by Crippen LogP contribution is -2.15. The Labute approximate surface area is 186 Å². The highest BCUT2D eigenvalue weighted by atomic mass is 19.4. The standard InChI is InChI=1S/C25H18F4O4/c1-2-15-7-9-17(10-8-15)32-23-22(30)19-12-11-18(13-21(19)33-24(23)25(27,28)29)31-14-16-5-3-4-6-20(16)26/h3-13H,2,14H2,1H3. The number of alkyl halides is 3. The topological polar surface area (TPSA) is 48.7 Å². The molecule has 3 aromatic carbocycles. The van der Waals surface area contributed by atoms with Gasteiger partial charge in [0.1, 0.15) is 29.5 Å². The Bertz CT molecular complexity index is 1340. The summed E-state index contributed by atoms with van der Waals surface area (Å²) in [4.78, 5) is 12.9. The van der Waals surface area contributed by atoms with Gasteiger partial charge in [0.15, 0.2) is 0 Å². The lowest BCUT2D eigenvalue weighted by molar-refractivity contribution is -0.154. The van der Waals surface area contributed by atoms with Gasteiger partial charge in [-0.05, 0) is 42.3 Å². The molecule has 170 valence electrons. The maximum Gasteiger partial charge on any atom is 0.453 e. The summed E-state index contributed by atoms with van der Waals surface area (Å²) in [6.07, 6.45) is -4.23. The van der Waals surface area contributed by atoms with Crippen molar-refractivity contribution in [3.05, 3.63) is 99.7 Å². The molecule has 0 aliphatic carbocycles. The van der Waals surface area contributed by atoms with Gasteiger partial charge in [0.05, 0.1) is 5.39 Å². The SMILES string of the molecule is CCc1ccc(Oc2c(C(F)(F)F)oc3cc(OCc4ccccc4F)ccc3c2=O)cc1. The van der Waals surface area contributed by atoms with Gasteiger partial charge in [0.25, 0.3) is 5.76 Å². The molecule has 0 atom stereocenters. The second kappa shape index (κ2) is 8.97. The molecule has 0 spiro atoms. The molecule has 1 aromatic heterocycles. The molecule has 0 fully saturated rings. The maximum absolute atomic E-state index is 13.8. The molecule has 0 bridgehead atoms. The molecule has 0 radical (unpaired) electrons. The van der Waals surface area contributed by atoms with Crippen molar-refractivity contribution in [3.63, 3.8) is 0 Å². The van der Waals surface area contributed by atoms with E-state index in [1.165, 1.54) is 42.5 Å². The Morgan fingerprint density at radius 2 is 1.64 bits per heavy atom. The van der Waals surface area contributed by atoms with Crippen molar-refractivity contribution >= 4 is 11.0 Å². The van der Waals surface area contributed by atoms with E-state index < -0.39 is 28.9 Å². The summed E-state index contributed by atoms with van der Waals surface area (Å²) in [5, 5.41) is -0.110. The quantitative estimate of drug-likeness (QED) is 0.296. The van der Waals surface area contributed by atoms with E-state index in [1.807, 2.05) is 6.92 Å². The summed E-state index contributed by atoms with van der Waals surface area (Å²) < 4.78 is 70.8. The average Bonchev–Trinajstić information content (AvgIpc) is 2.80. The van der Waals surface area contributed by atoms with Crippen LogP contribution in [0.5, 0.6) is 17.2 Å². The van der Waals surface area contributed by atoms with Crippen LogP contribution in [0.15, 0.2) is 75.9 Å². The van der Waals surface area contributed by atoms with Gasteiger partial charge < -0.3 is 13.9 Å². The third kappa shape index (κ3) is 4.84. The minimum Gasteiger partial charge on any atom is -0.489 e. The number of benzene rings is 3. The molecule has 0 aliphatic rings. The average molecular weight is 458 g/mol. The molecular weight excluding hydrogens is 440 g/mol. The molecule has 4 aromatic rings. The maximum atomic E-state index is 13.8. The molecule has 33 heavy (non-hydrogen) atoms. The van der Waals surface area contributed by atoms with Crippen molar-refractivity contribution in [2.45, 2.75) is 26.1 Å². The fourth-order valence-corrected chi connectivity index (χ4v) is 3.21. The summed E-state index contributed by atoms with van der Waals surface area (Å²) in [6, 6.07) is 16.2. The third-order valence-electron chi connectivity index (χ3n) is 4.98. The fraction of sp³-hybridized carbons (Fsp3) is 0.160. The van der Waals surface area contributed by atoms with Gasteiger partial charge in [-0.15, -0.1) is 0 Å². The molecule has 4 nitrogen and oxygen atoms in total. The smallest absolute Gasteiger partial charge is 0.453 e. The van der Waals surface area contributed by atoms with Gasteiger partial charge in [0.2, 0.25) is 11.2 Å². The molecule has 0 aliphatic heterocycles. The van der Waals surface area contributed by atoms with Crippen LogP contribution in [0.25, 0.3) is 11.0 Å². The third-order valence-corrected chi connectivity index (χ3v) is 4.98. The lowest BCUT2D eigenvalue weighted by Gasteiger charge is -2.14. The van der Waals surface area contributed by atoms with Gasteiger partial charge in [-0.2, -0.15) is 13.2 Å². The van der Waals surface area contributed by atoms with E-state index >= 15 is 0 Å². The molecular formula is C25H18F4O4. The Morgan fingerprint density at radius 1 is 0.939 bits per heavy atom. The predicted molar refractivity (Wildman–Crippen MR) is 114 cm³/mol. The van der Waals surface area contributed by atoms with E-state index in [1.54, 1.807) is 18.2 Å². The summed E-state index contributed by atoms with van der Waals surface area (Å²) >= 11 is 0. The van der Waals surface area contributed by atoms with Crippen LogP contribution >= 0.6 is 0 Å². The van der Waals surface area contributed by atoms with E-state index in [-0.39, 0.29) is 34.6 Å². The number of ether oxygens (including phenoxy) is 2. The summed E-state index contributed by atoms with van der Waals surface area (Å²) in [5.41, 5.74) is -0.0597. The van der Waals surface area contributed by atoms with Crippen LogP contribution < -0.4 is 14.9 Å². The van der Waals surface area contributed by atoms with Crippen LogP contribution in [-0.4, -0.2) is 0 Å². The zero-order valence-corrected chi connectivity index (χ0v) is 17.4. The molecule has 0 N–H and O–H groups in total. The minimum absolute atomic E-state index is 0.0780. The van der Waals surface area contributed by atoms with Gasteiger partial charge >= 0.3 is 6.18 Å². The normalized spacial score (nSPS) is 11.5. The summed E-state index contributed by atoms with van der Waals surface area (Å²) in [5.74, 6) is -2.77. The Balaban J connectivity index is 1.71. The first-order chi connectivity index (χ1) is 15.8. The zero-order chi connectivity index (χ0) is 23.6. The van der Waals surface area contributed by atoms with E-state index in [0.29, 0.717) is 0 Å². The second-order valence-electron chi connectivity index (χ2n) is 7.22. The highest BCUT2D eigenvalue weighted by Gasteiger charge is 2.40. The van der Waals surface area contributed by atoms with Crippen LogP contribution in [0.3, 0.4) is 0 Å². The lowest BCUT2D eigenvalue weighted by atomic mass is 10.1. The van der Waals surface area contributed by atoms with Crippen LogP contribution in [-0.2, 0) is 19.2 Å². The van der Waals surface area contributed by atoms with Crippen molar-refractivity contribution in [2.75, 3.05) is 0 Å². The number of aryl methyl sites for hydroxylation is 1. The molecule has 0 saturated carbocycles. The van der Waals surface area contributed by atoms with Crippen LogP contribution in [0.2, 0.25) is 0 Å². The highest BCUT2D eigenvalue weighted by molar-refractivity contribution is 5.79. The van der Waals surface area contributed by atoms with Crippen LogP contribution in [0.4, 0.5) is 17.6 Å². The molecule has 0 amide bonds. The molecule has 0 saturated heterocycles. The first kappa shape index (κ1) is 22.4. The minimum atomic E-state index is -4.98. The van der Waals surface area contributed by atoms with E-state index in [2.05, 4.69) is 0 Å². The Hall–Kier alpha value is -3.81. The van der Waals surface area contributed by atoms with Gasteiger partial charge in [-0.1, -0.05) is 37.3 Å². The number of fused-ring (bicyclic) bond motifs is 1. The van der Waals surface area contributed by atoms with Crippen molar-refractivity contribution < 1.29 is 31.5 Å². The largest absolute Gasteiger partial charge is 0.489 e. The van der Waals surface area contributed by atoms with E-state index in [9.17, 15) is 22.4 Å². The predicted octanol–water partition coefficient (Wildman–Crippen LogP) is 6.88. The highest BCUT2D eigenvalue weighted by Crippen LogP contribution is 2.38. The number of rotatable bonds is 6. The van der Waals surface area contributed by atoms with Gasteiger partial charge in [0, 0.05) is 11.6 Å². The fourth-order valence-electron chi connectivity index (χ4n) is 3.21.